The van der Waals surface area contributed by atoms with Crippen LogP contribution in [0.3, 0.4) is 0 Å². The topological polar surface area (TPSA) is 50.3 Å². The second-order valence-electron chi connectivity index (χ2n) is 9.15. The summed E-state index contributed by atoms with van der Waals surface area (Å²) in [7, 11) is 0. The molecule has 0 saturated carbocycles. The number of hydrazone groups is 1. The molecular formula is C24H33ClN4O+2. The van der Waals surface area contributed by atoms with Gasteiger partial charge in [-0.2, -0.15) is 5.10 Å². The van der Waals surface area contributed by atoms with Crippen LogP contribution in [-0.4, -0.2) is 44.8 Å². The highest BCUT2D eigenvalue weighted by Crippen LogP contribution is 2.21. The van der Waals surface area contributed by atoms with Crippen LogP contribution < -0.4 is 15.2 Å². The Morgan fingerprint density at radius 2 is 1.60 bits per heavy atom. The fourth-order valence-electron chi connectivity index (χ4n) is 3.72. The minimum Gasteiger partial charge on any atom is -0.322 e. The van der Waals surface area contributed by atoms with E-state index in [-0.39, 0.29) is 11.3 Å². The molecule has 160 valence electrons. The van der Waals surface area contributed by atoms with Crippen LogP contribution in [0.15, 0.2) is 53.6 Å². The summed E-state index contributed by atoms with van der Waals surface area (Å²) in [5.74, 6) is -0.0336. The molecular weight excluding hydrogens is 396 g/mol. The van der Waals surface area contributed by atoms with E-state index in [1.807, 2.05) is 24.3 Å². The van der Waals surface area contributed by atoms with Crippen molar-refractivity contribution in [3.63, 3.8) is 0 Å². The molecule has 2 aromatic carbocycles. The van der Waals surface area contributed by atoms with Crippen molar-refractivity contribution < 1.29 is 14.6 Å². The van der Waals surface area contributed by atoms with Crippen LogP contribution in [0.25, 0.3) is 0 Å². The van der Waals surface area contributed by atoms with Gasteiger partial charge in [-0.25, -0.2) is 5.43 Å². The fourth-order valence-corrected chi connectivity index (χ4v) is 3.84. The van der Waals surface area contributed by atoms with Crippen LogP contribution in [0.4, 0.5) is 0 Å². The highest BCUT2D eigenvalue weighted by molar-refractivity contribution is 6.30. The van der Waals surface area contributed by atoms with Crippen molar-refractivity contribution in [2.75, 3.05) is 32.7 Å². The number of carbonyl (C=O) groups excluding carboxylic acids is 1. The number of amides is 1. The molecule has 30 heavy (non-hydrogen) atoms. The first kappa shape index (κ1) is 22.5. The third kappa shape index (κ3) is 6.94. The molecule has 1 amide bonds. The van der Waals surface area contributed by atoms with E-state index in [0.717, 1.165) is 43.3 Å². The summed E-state index contributed by atoms with van der Waals surface area (Å²) in [5.41, 5.74) is 6.37. The molecule has 0 atom stereocenters. The zero-order chi connectivity index (χ0) is 21.6. The number of nitrogens with zero attached hydrogens (tertiary/aromatic N) is 1. The monoisotopic (exact) mass is 428 g/mol. The smallest absolute Gasteiger partial charge is 0.295 e. The number of hydrogen-bond donors (Lipinski definition) is 3. The lowest BCUT2D eigenvalue weighted by Crippen LogP contribution is -3.28. The molecule has 5 nitrogen and oxygen atoms in total. The lowest BCUT2D eigenvalue weighted by Gasteiger charge is -2.29. The Labute approximate surface area is 184 Å². The van der Waals surface area contributed by atoms with Crippen molar-refractivity contribution in [2.45, 2.75) is 32.7 Å². The average Bonchev–Trinajstić information content (AvgIpc) is 2.71. The number of hydrogen-bond acceptors (Lipinski definition) is 2. The number of piperazine rings is 1. The van der Waals surface area contributed by atoms with E-state index in [9.17, 15) is 4.79 Å². The van der Waals surface area contributed by atoms with Gasteiger partial charge in [0.1, 0.15) is 32.7 Å². The number of carbonyl (C=O) groups is 1. The van der Waals surface area contributed by atoms with Crippen LogP contribution in [-0.2, 0) is 16.8 Å². The zero-order valence-corrected chi connectivity index (χ0v) is 18.9. The molecule has 0 bridgehead atoms. The van der Waals surface area contributed by atoms with Crippen molar-refractivity contribution in [3.8, 4) is 0 Å². The fraction of sp³-hybridized carbons (Fsp3) is 0.417. The SMILES string of the molecule is CC(C)(C)c1ccc(/C=N\NC(=O)C[NH+]2CC[NH+](Cc3ccc(Cl)cc3)CC2)cc1. The molecule has 3 rings (SSSR count). The van der Waals surface area contributed by atoms with Gasteiger partial charge in [-0.15, -0.1) is 0 Å². The third-order valence-electron chi connectivity index (χ3n) is 5.62. The van der Waals surface area contributed by atoms with E-state index in [1.54, 1.807) is 11.1 Å². The Morgan fingerprint density at radius 1 is 1.00 bits per heavy atom. The highest BCUT2D eigenvalue weighted by atomic mass is 35.5. The van der Waals surface area contributed by atoms with E-state index in [2.05, 4.69) is 55.6 Å². The van der Waals surface area contributed by atoms with E-state index < -0.39 is 0 Å². The Balaban J connectivity index is 1.38. The number of quaternary nitrogens is 2. The lowest BCUT2D eigenvalue weighted by atomic mass is 9.87. The van der Waals surface area contributed by atoms with Gasteiger partial charge in [0.05, 0.1) is 6.21 Å². The van der Waals surface area contributed by atoms with Gasteiger partial charge in [0, 0.05) is 10.6 Å². The summed E-state index contributed by atoms with van der Waals surface area (Å²) in [5, 5.41) is 4.90. The first-order valence-corrected chi connectivity index (χ1v) is 11.0. The Morgan fingerprint density at radius 3 is 2.20 bits per heavy atom. The molecule has 0 unspecified atom stereocenters. The Hall–Kier alpha value is -2.21. The maximum atomic E-state index is 12.2. The van der Waals surface area contributed by atoms with Crippen LogP contribution in [0.2, 0.25) is 5.02 Å². The molecule has 0 radical (unpaired) electrons. The van der Waals surface area contributed by atoms with Gasteiger partial charge < -0.3 is 9.80 Å². The predicted molar refractivity (Wildman–Crippen MR) is 122 cm³/mol. The van der Waals surface area contributed by atoms with E-state index in [1.165, 1.54) is 16.0 Å². The molecule has 1 aliphatic heterocycles. The summed E-state index contributed by atoms with van der Waals surface area (Å²) in [6, 6.07) is 16.4. The second kappa shape index (κ2) is 10.2. The quantitative estimate of drug-likeness (QED) is 0.468. The molecule has 3 N–H and O–H groups in total. The van der Waals surface area contributed by atoms with E-state index in [4.69, 9.17) is 11.6 Å². The average molecular weight is 429 g/mol. The van der Waals surface area contributed by atoms with E-state index >= 15 is 0 Å². The molecule has 0 spiro atoms. The summed E-state index contributed by atoms with van der Waals surface area (Å²) in [6.07, 6.45) is 1.70. The Kier molecular flexibility index (Phi) is 7.64. The van der Waals surface area contributed by atoms with Gasteiger partial charge in [-0.1, -0.05) is 68.8 Å². The van der Waals surface area contributed by atoms with Gasteiger partial charge >= 0.3 is 0 Å². The second-order valence-corrected chi connectivity index (χ2v) is 9.58. The zero-order valence-electron chi connectivity index (χ0n) is 18.2. The highest BCUT2D eigenvalue weighted by Gasteiger charge is 2.24. The molecule has 1 aliphatic rings. The number of halogens is 1. The number of benzene rings is 2. The van der Waals surface area contributed by atoms with Crippen LogP contribution >= 0.6 is 11.6 Å². The van der Waals surface area contributed by atoms with Gasteiger partial charge in [-0.3, -0.25) is 4.79 Å². The van der Waals surface area contributed by atoms with Gasteiger partial charge in [-0.05, 0) is 28.7 Å². The van der Waals surface area contributed by atoms with Gasteiger partial charge in [0.25, 0.3) is 5.91 Å². The van der Waals surface area contributed by atoms with Gasteiger partial charge in [0.2, 0.25) is 0 Å². The predicted octanol–water partition coefficient (Wildman–Crippen LogP) is 1.07. The summed E-state index contributed by atoms with van der Waals surface area (Å²) >= 11 is 5.96. The van der Waals surface area contributed by atoms with Crippen molar-refractivity contribution in [1.29, 1.82) is 0 Å². The minimum absolute atomic E-state index is 0.0336. The molecule has 1 heterocycles. The summed E-state index contributed by atoms with van der Waals surface area (Å²) in [6.45, 7) is 12.2. The van der Waals surface area contributed by atoms with Crippen molar-refractivity contribution in [2.24, 2.45) is 5.10 Å². The van der Waals surface area contributed by atoms with Crippen LogP contribution in [0.5, 0.6) is 0 Å². The van der Waals surface area contributed by atoms with Crippen LogP contribution in [0.1, 0.15) is 37.5 Å². The molecule has 1 saturated heterocycles. The largest absolute Gasteiger partial charge is 0.322 e. The maximum absolute atomic E-state index is 12.2. The molecule has 2 aromatic rings. The molecule has 6 heteroatoms. The van der Waals surface area contributed by atoms with Crippen molar-refractivity contribution in [3.05, 3.63) is 70.2 Å². The van der Waals surface area contributed by atoms with Crippen LogP contribution in [0, 0.1) is 0 Å². The minimum atomic E-state index is -0.0336. The standard InChI is InChI=1S/C24H31ClN4O/c1-24(2,3)21-8-4-19(5-9-21)16-26-27-23(30)18-29-14-12-28(13-15-29)17-20-6-10-22(25)11-7-20/h4-11,16H,12-15,17-18H2,1-3H3,(H,27,30)/p+2/b26-16-. The summed E-state index contributed by atoms with van der Waals surface area (Å²) in [4.78, 5) is 15.1. The van der Waals surface area contributed by atoms with Crippen molar-refractivity contribution >= 4 is 23.7 Å². The summed E-state index contributed by atoms with van der Waals surface area (Å²) < 4.78 is 0. The first-order chi connectivity index (χ1) is 14.3. The number of nitrogens with one attached hydrogen (secondary N) is 3. The molecule has 1 fully saturated rings. The molecule has 0 aliphatic carbocycles. The molecule has 0 aromatic heterocycles. The lowest BCUT2D eigenvalue weighted by molar-refractivity contribution is -1.02. The van der Waals surface area contributed by atoms with Gasteiger partial charge in [0.15, 0.2) is 6.54 Å². The maximum Gasteiger partial charge on any atom is 0.295 e. The number of rotatable bonds is 6. The third-order valence-corrected chi connectivity index (χ3v) is 5.87. The Bertz CT molecular complexity index is 848. The normalized spacial score (nSPS) is 19.7. The van der Waals surface area contributed by atoms with E-state index in [0.29, 0.717) is 6.54 Å². The van der Waals surface area contributed by atoms with Crippen molar-refractivity contribution in [1.82, 2.24) is 5.43 Å². The first-order valence-electron chi connectivity index (χ1n) is 10.6.